The Balaban J connectivity index is 1.96. The average Bonchev–Trinajstić information content (AvgIpc) is 3.46. The summed E-state index contributed by atoms with van der Waals surface area (Å²) in [6.07, 6.45) is 1.75. The van der Waals surface area contributed by atoms with E-state index in [2.05, 4.69) is 41.5 Å². The number of hydrogen-bond acceptors (Lipinski definition) is 5. The van der Waals surface area contributed by atoms with E-state index in [4.69, 9.17) is 18.6 Å². The summed E-state index contributed by atoms with van der Waals surface area (Å²) in [5.74, 6) is 0.846. The van der Waals surface area contributed by atoms with Gasteiger partial charge in [0.2, 0.25) is 0 Å². The molecule has 2 rings (SSSR count). The quantitative estimate of drug-likeness (QED) is 0.315. The summed E-state index contributed by atoms with van der Waals surface area (Å²) in [5.41, 5.74) is 2.83. The standard InChI is InChI=1S/C24H42O5Si/c1-17(2)30(18(3)4,19(5)6)28-13-12-22(14-23-24(15-25)29-23)27-16-20-8-10-21(26-7)11-9-20/h8-11,17-19,22-25H,12-16H2,1-7H3/t22-,23+,24+/m0/s1. The first kappa shape index (κ1) is 25.3. The molecule has 30 heavy (non-hydrogen) atoms. The van der Waals surface area contributed by atoms with Crippen molar-refractivity contribution in [2.45, 2.75) is 95.9 Å². The molecule has 1 fully saturated rings. The summed E-state index contributed by atoms with van der Waals surface area (Å²) < 4.78 is 23.8. The van der Waals surface area contributed by atoms with Crippen LogP contribution in [0.4, 0.5) is 0 Å². The molecule has 0 spiro atoms. The molecule has 0 radical (unpaired) electrons. The Labute approximate surface area is 184 Å². The third-order valence-corrected chi connectivity index (χ3v) is 12.6. The van der Waals surface area contributed by atoms with Gasteiger partial charge in [-0.15, -0.1) is 0 Å². The highest BCUT2D eigenvalue weighted by atomic mass is 28.4. The first-order valence-electron chi connectivity index (χ1n) is 11.4. The summed E-state index contributed by atoms with van der Waals surface area (Å²) in [6, 6.07) is 7.97. The number of aliphatic hydroxyl groups is 1. The largest absolute Gasteiger partial charge is 0.497 e. The second kappa shape index (κ2) is 11.6. The summed E-state index contributed by atoms with van der Waals surface area (Å²) in [5, 5.41) is 9.32. The first-order chi connectivity index (χ1) is 14.2. The highest BCUT2D eigenvalue weighted by Crippen LogP contribution is 2.42. The normalized spacial score (nSPS) is 20.2. The number of benzene rings is 1. The van der Waals surface area contributed by atoms with Crippen LogP contribution in [0.25, 0.3) is 0 Å². The van der Waals surface area contributed by atoms with E-state index in [1.807, 2.05) is 24.3 Å². The van der Waals surface area contributed by atoms with Gasteiger partial charge in [-0.2, -0.15) is 0 Å². The van der Waals surface area contributed by atoms with Gasteiger partial charge in [-0.25, -0.2) is 0 Å². The number of ether oxygens (including phenoxy) is 3. The van der Waals surface area contributed by atoms with Crippen molar-refractivity contribution in [1.82, 2.24) is 0 Å². The molecule has 0 saturated carbocycles. The lowest BCUT2D eigenvalue weighted by atomic mass is 10.1. The topological polar surface area (TPSA) is 60.5 Å². The van der Waals surface area contributed by atoms with Crippen molar-refractivity contribution < 1.29 is 23.7 Å². The van der Waals surface area contributed by atoms with Crippen LogP contribution in [0.3, 0.4) is 0 Å². The third kappa shape index (κ3) is 6.54. The lowest BCUT2D eigenvalue weighted by Gasteiger charge is -2.42. The fourth-order valence-corrected chi connectivity index (χ4v) is 10.3. The molecule has 1 aromatic carbocycles. The molecule has 1 N–H and O–H groups in total. The Morgan fingerprint density at radius 3 is 2.03 bits per heavy atom. The minimum atomic E-state index is -1.88. The van der Waals surface area contributed by atoms with Crippen molar-refractivity contribution in [3.8, 4) is 5.75 Å². The Morgan fingerprint density at radius 1 is 0.967 bits per heavy atom. The molecule has 0 bridgehead atoms. The van der Waals surface area contributed by atoms with E-state index in [1.165, 1.54) is 0 Å². The van der Waals surface area contributed by atoms with Crippen molar-refractivity contribution in [1.29, 1.82) is 0 Å². The van der Waals surface area contributed by atoms with Gasteiger partial charge in [0.1, 0.15) is 11.9 Å². The van der Waals surface area contributed by atoms with Crippen LogP contribution in [0.2, 0.25) is 16.6 Å². The smallest absolute Gasteiger partial charge is 0.200 e. The summed E-state index contributed by atoms with van der Waals surface area (Å²) >= 11 is 0. The predicted octanol–water partition coefficient (Wildman–Crippen LogP) is 5.31. The molecule has 1 aliphatic rings. The first-order valence-corrected chi connectivity index (χ1v) is 13.5. The van der Waals surface area contributed by atoms with E-state index in [0.29, 0.717) is 29.8 Å². The molecule has 0 amide bonds. The lowest BCUT2D eigenvalue weighted by molar-refractivity contribution is 0.0153. The molecule has 1 aromatic rings. The fourth-order valence-electron chi connectivity index (χ4n) is 4.88. The zero-order valence-corrected chi connectivity index (χ0v) is 20.9. The van der Waals surface area contributed by atoms with Crippen LogP contribution in [0.1, 0.15) is 59.9 Å². The van der Waals surface area contributed by atoms with E-state index < -0.39 is 8.32 Å². The fraction of sp³-hybridized carbons (Fsp3) is 0.750. The predicted molar refractivity (Wildman–Crippen MR) is 124 cm³/mol. The van der Waals surface area contributed by atoms with E-state index in [0.717, 1.165) is 24.2 Å². The molecule has 0 unspecified atom stereocenters. The third-order valence-electron chi connectivity index (χ3n) is 6.51. The molecule has 0 aromatic heterocycles. The van der Waals surface area contributed by atoms with E-state index in [9.17, 15) is 5.11 Å². The molecule has 172 valence electrons. The maximum atomic E-state index is 9.32. The Kier molecular flexibility index (Phi) is 9.82. The van der Waals surface area contributed by atoms with Gasteiger partial charge in [0.15, 0.2) is 8.32 Å². The van der Waals surface area contributed by atoms with Crippen LogP contribution in [-0.4, -0.2) is 52.1 Å². The Hall–Kier alpha value is -0.923. The maximum absolute atomic E-state index is 9.32. The van der Waals surface area contributed by atoms with Crippen LogP contribution >= 0.6 is 0 Å². The monoisotopic (exact) mass is 438 g/mol. The Bertz CT molecular complexity index is 595. The van der Waals surface area contributed by atoms with Crippen LogP contribution in [-0.2, 0) is 20.5 Å². The number of hydrogen-bond donors (Lipinski definition) is 1. The molecule has 1 heterocycles. The summed E-state index contributed by atoms with van der Waals surface area (Å²) in [6.45, 7) is 15.2. The van der Waals surface area contributed by atoms with E-state index >= 15 is 0 Å². The number of methoxy groups -OCH3 is 1. The van der Waals surface area contributed by atoms with Gasteiger partial charge in [-0.05, 0) is 40.7 Å². The van der Waals surface area contributed by atoms with Crippen LogP contribution in [0, 0.1) is 0 Å². The highest BCUT2D eigenvalue weighted by Gasteiger charge is 2.45. The second-order valence-electron chi connectivity index (χ2n) is 9.37. The van der Waals surface area contributed by atoms with Gasteiger partial charge in [-0.1, -0.05) is 53.7 Å². The second-order valence-corrected chi connectivity index (χ2v) is 14.8. The molecule has 1 saturated heterocycles. The van der Waals surface area contributed by atoms with Gasteiger partial charge in [0.25, 0.3) is 0 Å². The van der Waals surface area contributed by atoms with Crippen LogP contribution in [0.5, 0.6) is 5.75 Å². The molecular formula is C24H42O5Si. The maximum Gasteiger partial charge on any atom is 0.200 e. The molecule has 0 aliphatic carbocycles. The van der Waals surface area contributed by atoms with Crippen LogP contribution in [0.15, 0.2) is 24.3 Å². The summed E-state index contributed by atoms with van der Waals surface area (Å²) in [4.78, 5) is 0. The van der Waals surface area contributed by atoms with Crippen molar-refractivity contribution in [2.24, 2.45) is 0 Å². The van der Waals surface area contributed by atoms with Gasteiger partial charge in [-0.3, -0.25) is 0 Å². The Morgan fingerprint density at radius 2 is 1.57 bits per heavy atom. The number of epoxide rings is 1. The molecule has 3 atom stereocenters. The zero-order chi connectivity index (χ0) is 22.3. The minimum absolute atomic E-state index is 0.0338. The molecule has 6 heteroatoms. The van der Waals surface area contributed by atoms with Gasteiger partial charge < -0.3 is 23.7 Å². The lowest BCUT2D eigenvalue weighted by Crippen LogP contribution is -2.48. The van der Waals surface area contributed by atoms with E-state index in [-0.39, 0.29) is 24.9 Å². The van der Waals surface area contributed by atoms with Crippen molar-refractivity contribution in [3.63, 3.8) is 0 Å². The highest BCUT2D eigenvalue weighted by molar-refractivity contribution is 6.77. The van der Waals surface area contributed by atoms with E-state index in [1.54, 1.807) is 7.11 Å². The molecule has 5 nitrogen and oxygen atoms in total. The zero-order valence-electron chi connectivity index (χ0n) is 19.9. The minimum Gasteiger partial charge on any atom is -0.497 e. The van der Waals surface area contributed by atoms with Crippen molar-refractivity contribution in [3.05, 3.63) is 29.8 Å². The summed E-state index contributed by atoms with van der Waals surface area (Å²) in [7, 11) is -0.207. The number of aliphatic hydroxyl groups excluding tert-OH is 1. The van der Waals surface area contributed by atoms with Crippen molar-refractivity contribution in [2.75, 3.05) is 20.3 Å². The molecular weight excluding hydrogens is 396 g/mol. The average molecular weight is 439 g/mol. The van der Waals surface area contributed by atoms with Gasteiger partial charge in [0.05, 0.1) is 32.5 Å². The van der Waals surface area contributed by atoms with Gasteiger partial charge in [0, 0.05) is 13.0 Å². The van der Waals surface area contributed by atoms with Crippen LogP contribution < -0.4 is 4.74 Å². The SMILES string of the molecule is COc1ccc(CO[C@@H](CCO[Si](C(C)C)(C(C)C)C(C)C)C[C@H]2O[C@@H]2CO)cc1. The number of rotatable bonds is 14. The van der Waals surface area contributed by atoms with Gasteiger partial charge >= 0.3 is 0 Å². The molecule has 1 aliphatic heterocycles. The van der Waals surface area contributed by atoms with Crippen molar-refractivity contribution >= 4 is 8.32 Å².